The molecule has 0 amide bonds. The predicted octanol–water partition coefficient (Wildman–Crippen LogP) is 3.97. The number of rotatable bonds is 1. The standard InChI is InChI=1S/C18H16N2/c19-16-11-18(20-17-7-2-1-6-15(16)17)14-9-8-12-4-3-5-13(12)10-14/h1-2,6-11H,3-5H2,(H2,19,20). The van der Waals surface area contributed by atoms with Crippen molar-refractivity contribution in [2.75, 3.05) is 5.73 Å². The molecule has 20 heavy (non-hydrogen) atoms. The number of hydrogen-bond acceptors (Lipinski definition) is 2. The van der Waals surface area contributed by atoms with E-state index in [9.17, 15) is 0 Å². The van der Waals surface area contributed by atoms with Gasteiger partial charge < -0.3 is 5.73 Å². The van der Waals surface area contributed by atoms with Gasteiger partial charge in [0.25, 0.3) is 0 Å². The number of nitrogens with zero attached hydrogens (tertiary/aromatic N) is 1. The van der Waals surface area contributed by atoms with E-state index >= 15 is 0 Å². The summed E-state index contributed by atoms with van der Waals surface area (Å²) in [6.07, 6.45) is 3.67. The first-order valence-corrected chi connectivity index (χ1v) is 7.09. The molecule has 0 unspecified atom stereocenters. The van der Waals surface area contributed by atoms with Crippen LogP contribution in [0.25, 0.3) is 22.2 Å². The zero-order valence-corrected chi connectivity index (χ0v) is 11.3. The van der Waals surface area contributed by atoms with Crippen molar-refractivity contribution in [1.82, 2.24) is 4.98 Å². The second kappa shape index (κ2) is 4.34. The van der Waals surface area contributed by atoms with Crippen molar-refractivity contribution in [3.63, 3.8) is 0 Å². The van der Waals surface area contributed by atoms with Gasteiger partial charge in [-0.25, -0.2) is 4.98 Å². The van der Waals surface area contributed by atoms with Gasteiger partial charge in [0.05, 0.1) is 11.2 Å². The summed E-state index contributed by atoms with van der Waals surface area (Å²) in [4.78, 5) is 4.75. The molecule has 2 heteroatoms. The molecule has 1 aromatic heterocycles. The number of benzene rings is 2. The minimum absolute atomic E-state index is 0.797. The highest BCUT2D eigenvalue weighted by Crippen LogP contribution is 2.30. The van der Waals surface area contributed by atoms with Crippen LogP contribution in [0, 0.1) is 0 Å². The highest BCUT2D eigenvalue weighted by atomic mass is 14.7. The Morgan fingerprint density at radius 3 is 2.70 bits per heavy atom. The predicted molar refractivity (Wildman–Crippen MR) is 83.6 cm³/mol. The summed E-state index contributed by atoms with van der Waals surface area (Å²) >= 11 is 0. The van der Waals surface area contributed by atoms with Crippen LogP contribution in [0.3, 0.4) is 0 Å². The molecule has 2 N–H and O–H groups in total. The molecular formula is C18H16N2. The Labute approximate surface area is 118 Å². The van der Waals surface area contributed by atoms with Gasteiger partial charge in [-0.05, 0) is 48.6 Å². The lowest BCUT2D eigenvalue weighted by Gasteiger charge is -2.08. The van der Waals surface area contributed by atoms with Crippen LogP contribution >= 0.6 is 0 Å². The number of para-hydroxylation sites is 1. The Morgan fingerprint density at radius 2 is 1.75 bits per heavy atom. The second-order valence-electron chi connectivity index (χ2n) is 5.45. The largest absolute Gasteiger partial charge is 0.398 e. The zero-order chi connectivity index (χ0) is 13.5. The van der Waals surface area contributed by atoms with E-state index in [-0.39, 0.29) is 0 Å². The highest BCUT2D eigenvalue weighted by molar-refractivity contribution is 5.92. The molecule has 1 heterocycles. The van der Waals surface area contributed by atoms with Crippen molar-refractivity contribution < 1.29 is 0 Å². The molecule has 98 valence electrons. The lowest BCUT2D eigenvalue weighted by molar-refractivity contribution is 0.912. The lowest BCUT2D eigenvalue weighted by Crippen LogP contribution is -1.93. The number of hydrogen-bond donors (Lipinski definition) is 1. The number of anilines is 1. The van der Waals surface area contributed by atoms with Crippen LogP contribution in [0.1, 0.15) is 17.5 Å². The van der Waals surface area contributed by atoms with E-state index in [2.05, 4.69) is 18.2 Å². The van der Waals surface area contributed by atoms with Crippen molar-refractivity contribution in [2.24, 2.45) is 0 Å². The Bertz CT molecular complexity index is 806. The molecule has 0 saturated heterocycles. The molecule has 1 aliphatic rings. The van der Waals surface area contributed by atoms with E-state index < -0.39 is 0 Å². The summed E-state index contributed by atoms with van der Waals surface area (Å²) in [5, 5.41) is 1.03. The van der Waals surface area contributed by atoms with E-state index in [0.29, 0.717) is 0 Å². The van der Waals surface area contributed by atoms with Crippen LogP contribution in [-0.2, 0) is 12.8 Å². The minimum Gasteiger partial charge on any atom is -0.398 e. The van der Waals surface area contributed by atoms with Crippen LogP contribution in [0.15, 0.2) is 48.5 Å². The number of aryl methyl sites for hydroxylation is 2. The molecule has 0 saturated carbocycles. The molecule has 0 aliphatic heterocycles. The van der Waals surface area contributed by atoms with E-state index in [1.807, 2.05) is 30.3 Å². The number of nitrogen functional groups attached to an aromatic ring is 1. The van der Waals surface area contributed by atoms with Crippen molar-refractivity contribution in [3.05, 3.63) is 59.7 Å². The number of aromatic nitrogens is 1. The third-order valence-electron chi connectivity index (χ3n) is 4.14. The number of nitrogens with two attached hydrogens (primary N) is 1. The summed E-state index contributed by atoms with van der Waals surface area (Å²) < 4.78 is 0. The smallest absolute Gasteiger partial charge is 0.0730 e. The molecule has 3 aromatic rings. The fourth-order valence-electron chi connectivity index (χ4n) is 3.08. The van der Waals surface area contributed by atoms with Crippen molar-refractivity contribution in [1.29, 1.82) is 0 Å². The average molecular weight is 260 g/mol. The van der Waals surface area contributed by atoms with Gasteiger partial charge in [0.1, 0.15) is 0 Å². The SMILES string of the molecule is Nc1cc(-c2ccc3c(c2)CCC3)nc2ccccc12. The number of fused-ring (bicyclic) bond motifs is 2. The molecule has 1 aliphatic carbocycles. The molecule has 2 aromatic carbocycles. The van der Waals surface area contributed by atoms with Gasteiger partial charge in [-0.2, -0.15) is 0 Å². The molecule has 0 radical (unpaired) electrons. The third-order valence-corrected chi connectivity index (χ3v) is 4.14. The van der Waals surface area contributed by atoms with Gasteiger partial charge in [-0.3, -0.25) is 0 Å². The first-order valence-electron chi connectivity index (χ1n) is 7.09. The van der Waals surface area contributed by atoms with E-state index in [0.717, 1.165) is 22.3 Å². The van der Waals surface area contributed by atoms with Crippen LogP contribution in [0.2, 0.25) is 0 Å². The maximum atomic E-state index is 6.17. The zero-order valence-electron chi connectivity index (χ0n) is 11.3. The Kier molecular flexibility index (Phi) is 2.49. The summed E-state index contributed by atoms with van der Waals surface area (Å²) in [5.41, 5.74) is 13.0. The van der Waals surface area contributed by atoms with Crippen LogP contribution in [0.4, 0.5) is 5.69 Å². The average Bonchev–Trinajstić information content (AvgIpc) is 2.94. The van der Waals surface area contributed by atoms with Gasteiger partial charge in [0.15, 0.2) is 0 Å². The van der Waals surface area contributed by atoms with Crippen molar-refractivity contribution >= 4 is 16.6 Å². The van der Waals surface area contributed by atoms with E-state index in [1.54, 1.807) is 0 Å². The third kappa shape index (κ3) is 1.76. The summed E-state index contributed by atoms with van der Waals surface area (Å²) in [6, 6.07) is 16.7. The Hall–Kier alpha value is -2.35. The molecular weight excluding hydrogens is 244 g/mol. The summed E-state index contributed by atoms with van der Waals surface area (Å²) in [6.45, 7) is 0. The van der Waals surface area contributed by atoms with Gasteiger partial charge >= 0.3 is 0 Å². The Balaban J connectivity index is 1.90. The monoisotopic (exact) mass is 260 g/mol. The van der Waals surface area contributed by atoms with Gasteiger partial charge in [0, 0.05) is 16.6 Å². The minimum atomic E-state index is 0.797. The molecule has 4 rings (SSSR count). The fraction of sp³-hybridized carbons (Fsp3) is 0.167. The maximum absolute atomic E-state index is 6.17. The topological polar surface area (TPSA) is 38.9 Å². The van der Waals surface area contributed by atoms with Crippen LogP contribution < -0.4 is 5.73 Å². The van der Waals surface area contributed by atoms with Crippen molar-refractivity contribution in [2.45, 2.75) is 19.3 Å². The van der Waals surface area contributed by atoms with Gasteiger partial charge in [-0.15, -0.1) is 0 Å². The maximum Gasteiger partial charge on any atom is 0.0730 e. The first kappa shape index (κ1) is 11.5. The van der Waals surface area contributed by atoms with Crippen molar-refractivity contribution in [3.8, 4) is 11.3 Å². The Morgan fingerprint density at radius 1 is 0.900 bits per heavy atom. The van der Waals surface area contributed by atoms with Gasteiger partial charge in [0.2, 0.25) is 0 Å². The first-order chi connectivity index (χ1) is 9.81. The molecule has 2 nitrogen and oxygen atoms in total. The molecule has 0 atom stereocenters. The summed E-state index contributed by atoms with van der Waals surface area (Å²) in [5.74, 6) is 0. The fourth-order valence-corrected chi connectivity index (χ4v) is 3.08. The molecule has 0 fully saturated rings. The number of pyridine rings is 1. The van der Waals surface area contributed by atoms with E-state index in [1.165, 1.54) is 36.0 Å². The normalized spacial score (nSPS) is 13.6. The molecule has 0 spiro atoms. The second-order valence-corrected chi connectivity index (χ2v) is 5.45. The molecule has 0 bridgehead atoms. The van der Waals surface area contributed by atoms with E-state index in [4.69, 9.17) is 10.7 Å². The lowest BCUT2D eigenvalue weighted by atomic mass is 10.0. The van der Waals surface area contributed by atoms with Crippen LogP contribution in [-0.4, -0.2) is 4.98 Å². The summed E-state index contributed by atoms with van der Waals surface area (Å²) in [7, 11) is 0. The van der Waals surface area contributed by atoms with Crippen LogP contribution in [0.5, 0.6) is 0 Å². The highest BCUT2D eigenvalue weighted by Gasteiger charge is 2.12. The quantitative estimate of drug-likeness (QED) is 0.719. The van der Waals surface area contributed by atoms with Gasteiger partial charge in [-0.1, -0.05) is 30.3 Å².